The van der Waals surface area contributed by atoms with Crippen molar-refractivity contribution in [2.75, 3.05) is 13.1 Å². The van der Waals surface area contributed by atoms with E-state index in [1.54, 1.807) is 23.1 Å². The third-order valence-corrected chi connectivity index (χ3v) is 3.73. The van der Waals surface area contributed by atoms with Gasteiger partial charge < -0.3 is 10.6 Å². The standard InChI is InChI=1S/C18H21N3O3.ClH/c19-11-6-12-20(14-15-7-2-1-3-8-15)18(22)13-16-9-4-5-10-17(16)21(23)24;/h1-5,7-10H,6,11-14,19H2;1H. The highest BCUT2D eigenvalue weighted by Crippen LogP contribution is 2.19. The predicted octanol–water partition coefficient (Wildman–Crippen LogP) is 2.94. The molecule has 1 amide bonds. The SMILES string of the molecule is Cl.NCCCN(Cc1ccccc1)C(=O)Cc1ccccc1[N+](=O)[O-]. The molecule has 2 aromatic carbocycles. The summed E-state index contributed by atoms with van der Waals surface area (Å²) in [6.07, 6.45) is 0.698. The van der Waals surface area contributed by atoms with E-state index in [0.717, 1.165) is 5.56 Å². The molecule has 2 N–H and O–H groups in total. The van der Waals surface area contributed by atoms with Gasteiger partial charge in [-0.1, -0.05) is 48.5 Å². The summed E-state index contributed by atoms with van der Waals surface area (Å²) in [6, 6.07) is 16.0. The maximum atomic E-state index is 12.7. The van der Waals surface area contributed by atoms with Gasteiger partial charge in [-0.2, -0.15) is 0 Å². The van der Waals surface area contributed by atoms with Gasteiger partial charge in [0.15, 0.2) is 0 Å². The number of benzene rings is 2. The number of nitrogens with zero attached hydrogens (tertiary/aromatic N) is 2. The fraction of sp³-hybridized carbons (Fsp3) is 0.278. The number of para-hydroxylation sites is 1. The molecule has 0 saturated carbocycles. The Bertz CT molecular complexity index is 695. The van der Waals surface area contributed by atoms with Crippen molar-refractivity contribution in [1.82, 2.24) is 4.90 Å². The molecule has 25 heavy (non-hydrogen) atoms. The Morgan fingerprint density at radius 3 is 2.36 bits per heavy atom. The predicted molar refractivity (Wildman–Crippen MR) is 99.6 cm³/mol. The Labute approximate surface area is 153 Å². The molecule has 6 nitrogen and oxygen atoms in total. The van der Waals surface area contributed by atoms with Gasteiger partial charge in [-0.3, -0.25) is 14.9 Å². The molecule has 0 unspecified atom stereocenters. The van der Waals surface area contributed by atoms with E-state index in [-0.39, 0.29) is 30.4 Å². The summed E-state index contributed by atoms with van der Waals surface area (Å²) >= 11 is 0. The molecule has 2 rings (SSSR count). The van der Waals surface area contributed by atoms with E-state index in [1.807, 2.05) is 30.3 Å². The lowest BCUT2D eigenvalue weighted by Gasteiger charge is -2.23. The van der Waals surface area contributed by atoms with Gasteiger partial charge in [0, 0.05) is 24.7 Å². The zero-order valence-electron chi connectivity index (χ0n) is 13.8. The van der Waals surface area contributed by atoms with Gasteiger partial charge in [0.05, 0.1) is 11.3 Å². The molecule has 0 aromatic heterocycles. The van der Waals surface area contributed by atoms with Gasteiger partial charge in [-0.15, -0.1) is 12.4 Å². The normalized spacial score (nSPS) is 9.96. The summed E-state index contributed by atoms with van der Waals surface area (Å²) in [5, 5.41) is 11.1. The van der Waals surface area contributed by atoms with E-state index in [1.165, 1.54) is 6.07 Å². The van der Waals surface area contributed by atoms with Gasteiger partial charge in [-0.05, 0) is 18.5 Å². The summed E-state index contributed by atoms with van der Waals surface area (Å²) in [5.74, 6) is -0.137. The molecular formula is C18H22ClN3O3. The van der Waals surface area contributed by atoms with Crippen molar-refractivity contribution in [1.29, 1.82) is 0 Å². The van der Waals surface area contributed by atoms with Gasteiger partial charge in [0.1, 0.15) is 0 Å². The van der Waals surface area contributed by atoms with E-state index in [4.69, 9.17) is 5.73 Å². The quantitative estimate of drug-likeness (QED) is 0.576. The minimum absolute atomic E-state index is 0. The number of nitrogens with two attached hydrogens (primary N) is 1. The maximum Gasteiger partial charge on any atom is 0.273 e. The van der Waals surface area contributed by atoms with Crippen molar-refractivity contribution in [3.05, 3.63) is 75.8 Å². The highest BCUT2D eigenvalue weighted by Gasteiger charge is 2.19. The number of carbonyl (C=O) groups is 1. The largest absolute Gasteiger partial charge is 0.338 e. The van der Waals surface area contributed by atoms with Crippen LogP contribution in [0.25, 0.3) is 0 Å². The number of rotatable bonds is 8. The van der Waals surface area contributed by atoms with Crippen LogP contribution in [0.2, 0.25) is 0 Å². The number of nitro benzene ring substituents is 1. The highest BCUT2D eigenvalue weighted by atomic mass is 35.5. The van der Waals surface area contributed by atoms with Gasteiger partial charge in [0.2, 0.25) is 5.91 Å². The molecule has 0 aliphatic rings. The van der Waals surface area contributed by atoms with Crippen molar-refractivity contribution in [3.63, 3.8) is 0 Å². The third-order valence-electron chi connectivity index (χ3n) is 3.73. The van der Waals surface area contributed by atoms with Gasteiger partial charge in [-0.25, -0.2) is 0 Å². The molecule has 0 atom stereocenters. The minimum atomic E-state index is -0.454. The van der Waals surface area contributed by atoms with E-state index in [0.29, 0.717) is 31.6 Å². The first-order chi connectivity index (χ1) is 11.6. The van der Waals surface area contributed by atoms with Crippen molar-refractivity contribution in [2.24, 2.45) is 5.73 Å². The van der Waals surface area contributed by atoms with Crippen LogP contribution in [0.15, 0.2) is 54.6 Å². The van der Waals surface area contributed by atoms with Crippen molar-refractivity contribution in [3.8, 4) is 0 Å². The molecule has 0 saturated heterocycles. The fourth-order valence-electron chi connectivity index (χ4n) is 2.49. The average molecular weight is 364 g/mol. The van der Waals surface area contributed by atoms with Crippen LogP contribution in [0.4, 0.5) is 5.69 Å². The fourth-order valence-corrected chi connectivity index (χ4v) is 2.49. The van der Waals surface area contributed by atoms with Gasteiger partial charge >= 0.3 is 0 Å². The second-order valence-electron chi connectivity index (χ2n) is 5.51. The average Bonchev–Trinajstić information content (AvgIpc) is 2.59. The van der Waals surface area contributed by atoms with Gasteiger partial charge in [0.25, 0.3) is 5.69 Å². The smallest absolute Gasteiger partial charge is 0.273 e. The van der Waals surface area contributed by atoms with Crippen LogP contribution in [0, 0.1) is 10.1 Å². The molecule has 0 aliphatic carbocycles. The number of halogens is 1. The van der Waals surface area contributed by atoms with Crippen LogP contribution in [0.5, 0.6) is 0 Å². The summed E-state index contributed by atoms with van der Waals surface area (Å²) in [6.45, 7) is 1.50. The lowest BCUT2D eigenvalue weighted by Crippen LogP contribution is -2.33. The van der Waals surface area contributed by atoms with Crippen LogP contribution in [-0.4, -0.2) is 28.8 Å². The van der Waals surface area contributed by atoms with E-state index in [2.05, 4.69) is 0 Å². The van der Waals surface area contributed by atoms with Crippen LogP contribution in [0.1, 0.15) is 17.5 Å². The molecule has 2 aromatic rings. The topological polar surface area (TPSA) is 89.5 Å². The summed E-state index contributed by atoms with van der Waals surface area (Å²) in [7, 11) is 0. The second kappa shape index (κ2) is 10.4. The Balaban J connectivity index is 0.00000312. The third kappa shape index (κ3) is 6.17. The first-order valence-corrected chi connectivity index (χ1v) is 7.86. The molecule has 0 radical (unpaired) electrons. The number of hydrogen-bond acceptors (Lipinski definition) is 4. The van der Waals surface area contributed by atoms with E-state index >= 15 is 0 Å². The van der Waals surface area contributed by atoms with Crippen molar-refractivity contribution in [2.45, 2.75) is 19.4 Å². The zero-order valence-corrected chi connectivity index (χ0v) is 14.7. The molecular weight excluding hydrogens is 342 g/mol. The minimum Gasteiger partial charge on any atom is -0.338 e. The molecule has 0 heterocycles. The number of hydrogen-bond donors (Lipinski definition) is 1. The van der Waals surface area contributed by atoms with Crippen LogP contribution >= 0.6 is 12.4 Å². The Morgan fingerprint density at radius 2 is 1.72 bits per heavy atom. The molecule has 0 aliphatic heterocycles. The van der Waals surface area contributed by atoms with E-state index in [9.17, 15) is 14.9 Å². The molecule has 134 valence electrons. The molecule has 0 spiro atoms. The maximum absolute atomic E-state index is 12.7. The number of nitro groups is 1. The van der Waals surface area contributed by atoms with Crippen LogP contribution < -0.4 is 5.73 Å². The number of carbonyl (C=O) groups excluding carboxylic acids is 1. The number of amides is 1. The first kappa shape index (κ1) is 20.6. The Hall–Kier alpha value is -2.44. The summed E-state index contributed by atoms with van der Waals surface area (Å²) in [4.78, 5) is 25.0. The lowest BCUT2D eigenvalue weighted by atomic mass is 10.1. The Kier molecular flexibility index (Phi) is 8.60. The van der Waals surface area contributed by atoms with Crippen LogP contribution in [-0.2, 0) is 17.8 Å². The summed E-state index contributed by atoms with van der Waals surface area (Å²) < 4.78 is 0. The first-order valence-electron chi connectivity index (χ1n) is 7.86. The van der Waals surface area contributed by atoms with E-state index < -0.39 is 4.92 Å². The second-order valence-corrected chi connectivity index (χ2v) is 5.51. The highest BCUT2D eigenvalue weighted by molar-refractivity contribution is 5.85. The monoisotopic (exact) mass is 363 g/mol. The van der Waals surface area contributed by atoms with Crippen molar-refractivity contribution >= 4 is 24.0 Å². The lowest BCUT2D eigenvalue weighted by molar-refractivity contribution is -0.385. The van der Waals surface area contributed by atoms with Crippen molar-refractivity contribution < 1.29 is 9.72 Å². The zero-order chi connectivity index (χ0) is 17.4. The Morgan fingerprint density at radius 1 is 1.08 bits per heavy atom. The molecule has 0 bridgehead atoms. The summed E-state index contributed by atoms with van der Waals surface area (Å²) in [5.41, 5.74) is 6.98. The van der Waals surface area contributed by atoms with Crippen LogP contribution in [0.3, 0.4) is 0 Å². The molecule has 7 heteroatoms. The molecule has 0 fully saturated rings.